The van der Waals surface area contributed by atoms with Crippen LogP contribution in [-0.2, 0) is 13.9 Å². The maximum Gasteiger partial charge on any atom is 0.192 e. The Bertz CT molecular complexity index is 405. The average Bonchev–Trinajstić information content (AvgIpc) is 2.82. The van der Waals surface area contributed by atoms with Crippen LogP contribution in [0.2, 0.25) is 18.1 Å². The molecule has 1 saturated heterocycles. The number of aliphatic hydroxyl groups is 1. The molecule has 4 nitrogen and oxygen atoms in total. The van der Waals surface area contributed by atoms with E-state index in [1.165, 1.54) is 0 Å². The predicted molar refractivity (Wildman–Crippen MR) is 90.3 cm³/mol. The van der Waals surface area contributed by atoms with Crippen molar-refractivity contribution in [2.24, 2.45) is 11.8 Å². The molecule has 4 atom stereocenters. The van der Waals surface area contributed by atoms with E-state index < -0.39 is 20.2 Å². The van der Waals surface area contributed by atoms with Gasteiger partial charge in [0.25, 0.3) is 0 Å². The molecule has 130 valence electrons. The maximum absolute atomic E-state index is 10.2. The molecule has 1 heterocycles. The molecule has 0 spiro atoms. The number of rotatable bonds is 5. The zero-order valence-electron chi connectivity index (χ0n) is 15.5. The van der Waals surface area contributed by atoms with Gasteiger partial charge in [-0.05, 0) is 44.3 Å². The fourth-order valence-electron chi connectivity index (χ4n) is 3.42. The third-order valence-electron chi connectivity index (χ3n) is 6.21. The van der Waals surface area contributed by atoms with Crippen molar-refractivity contribution < 1.29 is 19.0 Å². The van der Waals surface area contributed by atoms with Gasteiger partial charge in [0, 0.05) is 12.5 Å². The Morgan fingerprint density at radius 1 is 1.23 bits per heavy atom. The molecule has 22 heavy (non-hydrogen) atoms. The first kappa shape index (κ1) is 18.4. The Kier molecular flexibility index (Phi) is 4.89. The summed E-state index contributed by atoms with van der Waals surface area (Å²) >= 11 is 0. The van der Waals surface area contributed by atoms with Gasteiger partial charge in [-0.25, -0.2) is 0 Å². The fraction of sp³-hybridized carbons (Fsp3) is 1.00. The van der Waals surface area contributed by atoms with E-state index in [9.17, 15) is 5.11 Å². The minimum atomic E-state index is -1.84. The van der Waals surface area contributed by atoms with Gasteiger partial charge in [0.1, 0.15) is 6.10 Å². The largest absolute Gasteiger partial charge is 0.416 e. The second kappa shape index (κ2) is 5.85. The monoisotopic (exact) mass is 330 g/mol. The molecule has 0 bridgehead atoms. The van der Waals surface area contributed by atoms with E-state index in [-0.39, 0.29) is 23.2 Å². The molecule has 1 aliphatic carbocycles. The molecule has 0 aromatic carbocycles. The van der Waals surface area contributed by atoms with Gasteiger partial charge in [-0.3, -0.25) is 0 Å². The van der Waals surface area contributed by atoms with Crippen molar-refractivity contribution in [1.82, 2.24) is 0 Å². The lowest BCUT2D eigenvalue weighted by Gasteiger charge is -2.43. The van der Waals surface area contributed by atoms with Crippen LogP contribution in [0.5, 0.6) is 0 Å². The van der Waals surface area contributed by atoms with E-state index in [2.05, 4.69) is 40.8 Å². The summed E-state index contributed by atoms with van der Waals surface area (Å²) in [5, 5.41) is 10.4. The normalized spacial score (nSPS) is 35.2. The first-order valence-electron chi connectivity index (χ1n) is 8.55. The topological polar surface area (TPSA) is 47.9 Å². The smallest absolute Gasteiger partial charge is 0.192 e. The van der Waals surface area contributed by atoms with Crippen LogP contribution in [0, 0.1) is 11.8 Å². The van der Waals surface area contributed by atoms with Crippen LogP contribution in [0.25, 0.3) is 0 Å². The lowest BCUT2D eigenvalue weighted by atomic mass is 9.99. The van der Waals surface area contributed by atoms with Crippen molar-refractivity contribution in [1.29, 1.82) is 0 Å². The van der Waals surface area contributed by atoms with E-state index in [1.54, 1.807) is 0 Å². The Labute approximate surface area is 136 Å². The molecule has 1 N–H and O–H groups in total. The number of fused-ring (bicyclic) bond motifs is 1. The first-order chi connectivity index (χ1) is 9.87. The van der Waals surface area contributed by atoms with Crippen molar-refractivity contribution in [2.75, 3.05) is 6.61 Å². The summed E-state index contributed by atoms with van der Waals surface area (Å²) in [6.45, 7) is 18.2. The zero-order valence-corrected chi connectivity index (χ0v) is 16.5. The van der Waals surface area contributed by atoms with E-state index in [4.69, 9.17) is 13.9 Å². The molecule has 1 saturated carbocycles. The Balaban J connectivity index is 2.00. The van der Waals surface area contributed by atoms with Crippen LogP contribution in [-0.4, -0.2) is 44.1 Å². The third-order valence-corrected chi connectivity index (χ3v) is 10.8. The van der Waals surface area contributed by atoms with Crippen molar-refractivity contribution >= 4 is 8.32 Å². The van der Waals surface area contributed by atoms with Gasteiger partial charge < -0.3 is 19.0 Å². The summed E-state index contributed by atoms with van der Waals surface area (Å²) in [5.74, 6) is 0.205. The highest BCUT2D eigenvalue weighted by atomic mass is 28.4. The lowest BCUT2D eigenvalue weighted by Crippen LogP contribution is -2.46. The number of ether oxygens (including phenoxy) is 2. The second-order valence-corrected chi connectivity index (χ2v) is 13.4. The van der Waals surface area contributed by atoms with Crippen LogP contribution in [0.3, 0.4) is 0 Å². The van der Waals surface area contributed by atoms with Crippen LogP contribution < -0.4 is 0 Å². The molecular formula is C17H34O4Si. The van der Waals surface area contributed by atoms with Crippen LogP contribution >= 0.6 is 0 Å². The highest BCUT2D eigenvalue weighted by Gasteiger charge is 2.54. The molecule has 2 fully saturated rings. The quantitative estimate of drug-likeness (QED) is 0.783. The predicted octanol–water partition coefficient (Wildman–Crippen LogP) is 3.55. The Hall–Kier alpha value is 0.0569. The van der Waals surface area contributed by atoms with Crippen LogP contribution in [0.4, 0.5) is 0 Å². The van der Waals surface area contributed by atoms with Gasteiger partial charge in [0.2, 0.25) is 0 Å². The average molecular weight is 331 g/mol. The molecule has 0 aromatic heterocycles. The van der Waals surface area contributed by atoms with Gasteiger partial charge in [-0.15, -0.1) is 0 Å². The molecule has 1 aliphatic heterocycles. The molecule has 2 rings (SSSR count). The molecule has 5 heteroatoms. The summed E-state index contributed by atoms with van der Waals surface area (Å²) in [6, 6.07) is 0. The van der Waals surface area contributed by atoms with Crippen molar-refractivity contribution in [3.8, 4) is 0 Å². The minimum absolute atomic E-state index is 0.0445. The van der Waals surface area contributed by atoms with Gasteiger partial charge in [0.15, 0.2) is 14.1 Å². The van der Waals surface area contributed by atoms with Crippen LogP contribution in [0.1, 0.15) is 48.0 Å². The van der Waals surface area contributed by atoms with Crippen molar-refractivity contribution in [2.45, 2.75) is 90.2 Å². The van der Waals surface area contributed by atoms with Gasteiger partial charge in [-0.1, -0.05) is 27.7 Å². The highest BCUT2D eigenvalue weighted by molar-refractivity contribution is 6.74. The van der Waals surface area contributed by atoms with Gasteiger partial charge in [-0.2, -0.15) is 0 Å². The Morgan fingerprint density at radius 2 is 1.77 bits per heavy atom. The maximum atomic E-state index is 10.2. The lowest BCUT2D eigenvalue weighted by molar-refractivity contribution is -0.167. The standard InChI is InChI=1S/C17H34O4Si/c1-11(2)16(3,4)22(7,8)19-10-12-9-13(18)15-14(12)20-17(5,6)21-15/h11-15,18H,9-10H2,1-8H3/t12-,13-,14-,15?/m1/s1. The van der Waals surface area contributed by atoms with Crippen molar-refractivity contribution in [3.05, 3.63) is 0 Å². The summed E-state index contributed by atoms with van der Waals surface area (Å²) in [6.07, 6.45) is 0.0181. The number of hydrogen-bond donors (Lipinski definition) is 1. The van der Waals surface area contributed by atoms with Crippen LogP contribution in [0.15, 0.2) is 0 Å². The summed E-state index contributed by atoms with van der Waals surface area (Å²) < 4.78 is 18.3. The summed E-state index contributed by atoms with van der Waals surface area (Å²) in [4.78, 5) is 0. The fourth-order valence-corrected chi connectivity index (χ4v) is 5.81. The molecular weight excluding hydrogens is 296 g/mol. The molecule has 2 aliphatic rings. The van der Waals surface area contributed by atoms with Crippen molar-refractivity contribution in [3.63, 3.8) is 0 Å². The molecule has 0 amide bonds. The molecule has 0 aromatic rings. The van der Waals surface area contributed by atoms with E-state index in [1.807, 2.05) is 13.8 Å². The van der Waals surface area contributed by atoms with E-state index in [0.29, 0.717) is 18.9 Å². The number of aliphatic hydroxyl groups excluding tert-OH is 1. The molecule has 1 unspecified atom stereocenters. The molecule has 0 radical (unpaired) electrons. The van der Waals surface area contributed by atoms with E-state index in [0.717, 1.165) is 0 Å². The summed E-state index contributed by atoms with van der Waals surface area (Å²) in [5.41, 5.74) is 0. The van der Waals surface area contributed by atoms with Gasteiger partial charge >= 0.3 is 0 Å². The first-order valence-corrected chi connectivity index (χ1v) is 11.5. The van der Waals surface area contributed by atoms with E-state index >= 15 is 0 Å². The Morgan fingerprint density at radius 3 is 2.32 bits per heavy atom. The second-order valence-electron chi connectivity index (χ2n) is 8.83. The van der Waals surface area contributed by atoms with Gasteiger partial charge in [0.05, 0.1) is 12.2 Å². The summed E-state index contributed by atoms with van der Waals surface area (Å²) in [7, 11) is -1.84. The minimum Gasteiger partial charge on any atom is -0.416 e. The third kappa shape index (κ3) is 3.29. The number of hydrogen-bond acceptors (Lipinski definition) is 4. The zero-order chi connectivity index (χ0) is 16.9. The SMILES string of the molecule is CC(C)C(C)(C)[Si](C)(C)OC[C@H]1C[C@@H](O)C2OC(C)(C)O[C@@H]21. The highest BCUT2D eigenvalue weighted by Crippen LogP contribution is 2.46.